The maximum absolute atomic E-state index is 2.51. The van der Waals surface area contributed by atoms with E-state index in [1.807, 2.05) is 5.57 Å². The zero-order valence-electron chi connectivity index (χ0n) is 11.3. The first-order chi connectivity index (χ1) is 8.09. The van der Waals surface area contributed by atoms with E-state index in [2.05, 4.69) is 44.7 Å². The summed E-state index contributed by atoms with van der Waals surface area (Å²) in [5.41, 5.74) is 2.27. The Morgan fingerprint density at radius 2 is 2.12 bits per heavy atom. The molecule has 2 aliphatic carbocycles. The lowest BCUT2D eigenvalue weighted by molar-refractivity contribution is 0.230. The molecular weight excluding hydrogens is 224 g/mol. The predicted molar refractivity (Wildman–Crippen MR) is 77.1 cm³/mol. The van der Waals surface area contributed by atoms with Gasteiger partial charge in [-0.25, -0.2) is 0 Å². The third kappa shape index (κ3) is 1.91. The molecule has 1 heterocycles. The van der Waals surface area contributed by atoms with Gasteiger partial charge in [-0.2, -0.15) is 0 Å². The summed E-state index contributed by atoms with van der Waals surface area (Å²) in [6.07, 6.45) is 11.7. The summed E-state index contributed by atoms with van der Waals surface area (Å²) < 4.78 is 0. The van der Waals surface area contributed by atoms with Crippen molar-refractivity contribution < 1.29 is 0 Å². The molecule has 1 heteroatoms. The summed E-state index contributed by atoms with van der Waals surface area (Å²) in [4.78, 5) is 1.75. The van der Waals surface area contributed by atoms with Gasteiger partial charge in [0.1, 0.15) is 0 Å². The van der Waals surface area contributed by atoms with Gasteiger partial charge in [0.25, 0.3) is 0 Å². The number of thioether (sulfide) groups is 1. The standard InChI is InChI=1S/C16H24S/c1-11-8-9-13-15(10-11)17-14-7-5-4-6-12(14)16(13,2)3/h5,7,11-12,14H,4,6,8-10H2,1-3H3/t11-,12+,14-/m1/s1. The molecule has 17 heavy (non-hydrogen) atoms. The summed E-state index contributed by atoms with van der Waals surface area (Å²) in [5.74, 6) is 1.78. The molecule has 0 saturated carbocycles. The van der Waals surface area contributed by atoms with Crippen molar-refractivity contribution in [2.24, 2.45) is 17.3 Å². The first-order valence-electron chi connectivity index (χ1n) is 7.15. The highest BCUT2D eigenvalue weighted by Gasteiger charge is 2.44. The van der Waals surface area contributed by atoms with Crippen LogP contribution in [-0.2, 0) is 0 Å². The smallest absolute Gasteiger partial charge is 0.0307 e. The molecular formula is C16H24S. The van der Waals surface area contributed by atoms with Gasteiger partial charge in [-0.1, -0.05) is 38.5 Å². The van der Waals surface area contributed by atoms with Crippen LogP contribution in [0, 0.1) is 17.3 Å². The Labute approximate surface area is 110 Å². The molecule has 3 rings (SSSR count). The summed E-state index contributed by atoms with van der Waals surface area (Å²) in [5, 5.41) is 0.766. The summed E-state index contributed by atoms with van der Waals surface area (Å²) in [6.45, 7) is 7.43. The zero-order chi connectivity index (χ0) is 12.0. The summed E-state index contributed by atoms with van der Waals surface area (Å²) in [6, 6.07) is 0. The minimum Gasteiger partial charge on any atom is -0.123 e. The van der Waals surface area contributed by atoms with E-state index in [0.717, 1.165) is 17.1 Å². The van der Waals surface area contributed by atoms with E-state index in [0.29, 0.717) is 5.41 Å². The van der Waals surface area contributed by atoms with Gasteiger partial charge in [-0.05, 0) is 54.3 Å². The minimum absolute atomic E-state index is 0.455. The average Bonchev–Trinajstić information content (AvgIpc) is 2.28. The maximum atomic E-state index is 2.51. The summed E-state index contributed by atoms with van der Waals surface area (Å²) >= 11 is 2.20. The average molecular weight is 248 g/mol. The van der Waals surface area contributed by atoms with Gasteiger partial charge in [0.05, 0.1) is 0 Å². The van der Waals surface area contributed by atoms with Crippen molar-refractivity contribution in [2.75, 3.05) is 0 Å². The quantitative estimate of drug-likeness (QED) is 0.533. The molecule has 94 valence electrons. The highest BCUT2D eigenvalue weighted by atomic mass is 32.2. The highest BCUT2D eigenvalue weighted by molar-refractivity contribution is 8.03. The number of hydrogen-bond acceptors (Lipinski definition) is 1. The van der Waals surface area contributed by atoms with Crippen LogP contribution in [0.3, 0.4) is 0 Å². The highest BCUT2D eigenvalue weighted by Crippen LogP contribution is 2.57. The molecule has 0 spiro atoms. The van der Waals surface area contributed by atoms with Crippen molar-refractivity contribution in [3.05, 3.63) is 22.6 Å². The third-order valence-electron chi connectivity index (χ3n) is 5.11. The van der Waals surface area contributed by atoms with E-state index in [1.54, 1.807) is 4.91 Å². The van der Waals surface area contributed by atoms with E-state index >= 15 is 0 Å². The first-order valence-corrected chi connectivity index (χ1v) is 8.03. The van der Waals surface area contributed by atoms with Crippen LogP contribution >= 0.6 is 11.8 Å². The maximum Gasteiger partial charge on any atom is 0.0307 e. The zero-order valence-corrected chi connectivity index (χ0v) is 12.1. The lowest BCUT2D eigenvalue weighted by Gasteiger charge is -2.49. The number of hydrogen-bond donors (Lipinski definition) is 0. The normalized spacial score (nSPS) is 39.8. The number of rotatable bonds is 0. The van der Waals surface area contributed by atoms with Crippen LogP contribution in [0.25, 0.3) is 0 Å². The molecule has 3 atom stereocenters. The molecule has 0 N–H and O–H groups in total. The fraction of sp³-hybridized carbons (Fsp3) is 0.750. The molecule has 3 aliphatic rings. The second-order valence-electron chi connectivity index (χ2n) is 6.67. The Morgan fingerprint density at radius 3 is 2.94 bits per heavy atom. The lowest BCUT2D eigenvalue weighted by Crippen LogP contribution is -2.39. The lowest BCUT2D eigenvalue weighted by atomic mass is 9.65. The molecule has 0 fully saturated rings. The van der Waals surface area contributed by atoms with E-state index in [1.165, 1.54) is 32.1 Å². The molecule has 0 nitrogen and oxygen atoms in total. The van der Waals surface area contributed by atoms with E-state index < -0.39 is 0 Å². The summed E-state index contributed by atoms with van der Waals surface area (Å²) in [7, 11) is 0. The Morgan fingerprint density at radius 1 is 1.29 bits per heavy atom. The van der Waals surface area contributed by atoms with Gasteiger partial charge >= 0.3 is 0 Å². The number of fused-ring (bicyclic) bond motifs is 1. The van der Waals surface area contributed by atoms with Crippen molar-refractivity contribution in [1.82, 2.24) is 0 Å². The van der Waals surface area contributed by atoms with E-state index in [-0.39, 0.29) is 0 Å². The van der Waals surface area contributed by atoms with Gasteiger partial charge in [0.2, 0.25) is 0 Å². The fourth-order valence-electron chi connectivity index (χ4n) is 3.96. The molecule has 1 aliphatic heterocycles. The first kappa shape index (κ1) is 11.9. The molecule has 0 saturated heterocycles. The van der Waals surface area contributed by atoms with Crippen LogP contribution in [0.4, 0.5) is 0 Å². The fourth-order valence-corrected chi connectivity index (χ4v) is 6.01. The van der Waals surface area contributed by atoms with Crippen molar-refractivity contribution in [3.63, 3.8) is 0 Å². The molecule has 0 amide bonds. The second kappa shape index (κ2) is 4.19. The van der Waals surface area contributed by atoms with E-state index in [9.17, 15) is 0 Å². The Hall–Kier alpha value is -0.170. The Kier molecular flexibility index (Phi) is 2.93. The van der Waals surface area contributed by atoms with Crippen molar-refractivity contribution in [3.8, 4) is 0 Å². The van der Waals surface area contributed by atoms with Crippen molar-refractivity contribution >= 4 is 11.8 Å². The van der Waals surface area contributed by atoms with Gasteiger partial charge < -0.3 is 0 Å². The van der Waals surface area contributed by atoms with Gasteiger partial charge in [0.15, 0.2) is 0 Å². The van der Waals surface area contributed by atoms with Crippen LogP contribution in [0.2, 0.25) is 0 Å². The Bertz CT molecular complexity index is 375. The van der Waals surface area contributed by atoms with Crippen LogP contribution in [-0.4, -0.2) is 5.25 Å². The van der Waals surface area contributed by atoms with Gasteiger partial charge in [-0.3, -0.25) is 0 Å². The van der Waals surface area contributed by atoms with Crippen LogP contribution < -0.4 is 0 Å². The number of allylic oxidation sites excluding steroid dienone is 3. The van der Waals surface area contributed by atoms with Crippen molar-refractivity contribution in [1.29, 1.82) is 0 Å². The molecule has 0 aromatic carbocycles. The molecule has 0 unspecified atom stereocenters. The van der Waals surface area contributed by atoms with Crippen LogP contribution in [0.1, 0.15) is 52.9 Å². The minimum atomic E-state index is 0.455. The third-order valence-corrected chi connectivity index (χ3v) is 6.56. The van der Waals surface area contributed by atoms with Gasteiger partial charge in [-0.15, -0.1) is 11.8 Å². The Balaban J connectivity index is 1.98. The topological polar surface area (TPSA) is 0 Å². The predicted octanol–water partition coefficient (Wildman–Crippen LogP) is 5.17. The SMILES string of the molecule is C[C@@H]1CCC2=C(C1)S[C@@H]1C=CCC[C@@H]1C2(C)C. The molecule has 0 aromatic heterocycles. The molecule has 0 aromatic rings. The second-order valence-corrected chi connectivity index (χ2v) is 7.94. The largest absolute Gasteiger partial charge is 0.123 e. The molecule has 0 radical (unpaired) electrons. The van der Waals surface area contributed by atoms with Crippen LogP contribution in [0.15, 0.2) is 22.6 Å². The van der Waals surface area contributed by atoms with Crippen LogP contribution in [0.5, 0.6) is 0 Å². The van der Waals surface area contributed by atoms with E-state index in [4.69, 9.17) is 0 Å². The van der Waals surface area contributed by atoms with Crippen molar-refractivity contribution in [2.45, 2.75) is 58.1 Å². The van der Waals surface area contributed by atoms with Gasteiger partial charge in [0, 0.05) is 5.25 Å². The molecule has 0 bridgehead atoms. The monoisotopic (exact) mass is 248 g/mol.